The number of benzene rings is 2. The number of nitrogens with zero attached hydrogens (tertiary/aromatic N) is 1. The van der Waals surface area contributed by atoms with E-state index in [2.05, 4.69) is 5.32 Å². The van der Waals surface area contributed by atoms with Gasteiger partial charge in [0.05, 0.1) is 17.3 Å². The number of amides is 1. The third-order valence-corrected chi connectivity index (χ3v) is 3.03. The standard InChI is InChI=1S/C15H10ClFN2O/c1-9-2-4-11(16)7-12(9)15(20)19-14-5-3-10(8-18)6-13(14)17/h2-7H,1H3,(H,19,20). The molecular weight excluding hydrogens is 279 g/mol. The minimum Gasteiger partial charge on any atom is -0.319 e. The van der Waals surface area contributed by atoms with Crippen molar-refractivity contribution in [3.05, 3.63) is 63.9 Å². The number of aryl methyl sites for hydroxylation is 1. The monoisotopic (exact) mass is 288 g/mol. The summed E-state index contributed by atoms with van der Waals surface area (Å²) in [6, 6.07) is 10.6. The van der Waals surface area contributed by atoms with Gasteiger partial charge in [0.2, 0.25) is 0 Å². The van der Waals surface area contributed by atoms with E-state index in [9.17, 15) is 9.18 Å². The predicted molar refractivity (Wildman–Crippen MR) is 75.3 cm³/mol. The van der Waals surface area contributed by atoms with Crippen molar-refractivity contribution in [2.75, 3.05) is 5.32 Å². The SMILES string of the molecule is Cc1ccc(Cl)cc1C(=O)Nc1ccc(C#N)cc1F. The van der Waals surface area contributed by atoms with Gasteiger partial charge in [-0.3, -0.25) is 4.79 Å². The van der Waals surface area contributed by atoms with Crippen LogP contribution in [0.3, 0.4) is 0 Å². The van der Waals surface area contributed by atoms with Crippen LogP contribution in [0.5, 0.6) is 0 Å². The Morgan fingerprint density at radius 1 is 1.30 bits per heavy atom. The lowest BCUT2D eigenvalue weighted by Gasteiger charge is -2.09. The number of hydrogen-bond donors (Lipinski definition) is 1. The van der Waals surface area contributed by atoms with Crippen LogP contribution < -0.4 is 5.32 Å². The molecule has 0 bridgehead atoms. The molecule has 1 N–H and O–H groups in total. The highest BCUT2D eigenvalue weighted by Gasteiger charge is 2.12. The number of hydrogen-bond acceptors (Lipinski definition) is 2. The van der Waals surface area contributed by atoms with Gasteiger partial charge in [-0.2, -0.15) is 5.26 Å². The molecule has 0 saturated carbocycles. The van der Waals surface area contributed by atoms with Crippen LogP contribution >= 0.6 is 11.6 Å². The van der Waals surface area contributed by atoms with Gasteiger partial charge in [0.15, 0.2) is 0 Å². The van der Waals surface area contributed by atoms with E-state index in [1.807, 2.05) is 6.07 Å². The van der Waals surface area contributed by atoms with Gasteiger partial charge >= 0.3 is 0 Å². The van der Waals surface area contributed by atoms with Crippen molar-refractivity contribution in [1.82, 2.24) is 0 Å². The average Bonchev–Trinajstić information content (AvgIpc) is 2.43. The van der Waals surface area contributed by atoms with Gasteiger partial charge in [-0.15, -0.1) is 0 Å². The smallest absolute Gasteiger partial charge is 0.256 e. The van der Waals surface area contributed by atoms with Crippen molar-refractivity contribution in [2.24, 2.45) is 0 Å². The van der Waals surface area contributed by atoms with Gasteiger partial charge in [0.1, 0.15) is 5.82 Å². The average molecular weight is 289 g/mol. The third kappa shape index (κ3) is 2.95. The molecule has 2 aromatic rings. The maximum atomic E-state index is 13.7. The molecule has 2 aromatic carbocycles. The van der Waals surface area contributed by atoms with Crippen LogP contribution in [0.2, 0.25) is 5.02 Å². The number of carbonyl (C=O) groups is 1. The first kappa shape index (κ1) is 14.0. The molecule has 0 heterocycles. The zero-order valence-corrected chi connectivity index (χ0v) is 11.3. The zero-order valence-electron chi connectivity index (χ0n) is 10.6. The van der Waals surface area contributed by atoms with E-state index >= 15 is 0 Å². The first-order valence-corrected chi connectivity index (χ1v) is 6.16. The third-order valence-electron chi connectivity index (χ3n) is 2.79. The van der Waals surface area contributed by atoms with Crippen LogP contribution in [0, 0.1) is 24.1 Å². The number of rotatable bonds is 2. The van der Waals surface area contributed by atoms with Crippen molar-refractivity contribution in [3.8, 4) is 6.07 Å². The predicted octanol–water partition coefficient (Wildman–Crippen LogP) is 3.91. The van der Waals surface area contributed by atoms with E-state index < -0.39 is 11.7 Å². The Bertz CT molecular complexity index is 722. The highest BCUT2D eigenvalue weighted by Crippen LogP contribution is 2.19. The second-order valence-electron chi connectivity index (χ2n) is 4.22. The molecule has 0 atom stereocenters. The molecule has 0 aliphatic heterocycles. The van der Waals surface area contributed by atoms with Crippen LogP contribution in [0.25, 0.3) is 0 Å². The van der Waals surface area contributed by atoms with Crippen molar-refractivity contribution in [1.29, 1.82) is 5.26 Å². The molecule has 0 unspecified atom stereocenters. The molecule has 0 saturated heterocycles. The fourth-order valence-corrected chi connectivity index (χ4v) is 1.89. The van der Waals surface area contributed by atoms with E-state index in [-0.39, 0.29) is 11.3 Å². The van der Waals surface area contributed by atoms with Crippen molar-refractivity contribution in [3.63, 3.8) is 0 Å². The van der Waals surface area contributed by atoms with Crippen molar-refractivity contribution < 1.29 is 9.18 Å². The molecule has 20 heavy (non-hydrogen) atoms. The highest BCUT2D eigenvalue weighted by atomic mass is 35.5. The fraction of sp³-hybridized carbons (Fsp3) is 0.0667. The zero-order chi connectivity index (χ0) is 14.7. The summed E-state index contributed by atoms with van der Waals surface area (Å²) >= 11 is 5.84. The number of nitriles is 1. The summed E-state index contributed by atoms with van der Waals surface area (Å²) in [5, 5.41) is 11.6. The molecule has 100 valence electrons. The summed E-state index contributed by atoms with van der Waals surface area (Å²) in [5.74, 6) is -1.11. The summed E-state index contributed by atoms with van der Waals surface area (Å²) in [4.78, 5) is 12.1. The van der Waals surface area contributed by atoms with E-state index in [0.29, 0.717) is 10.6 Å². The minimum atomic E-state index is -0.655. The maximum Gasteiger partial charge on any atom is 0.256 e. The highest BCUT2D eigenvalue weighted by molar-refractivity contribution is 6.31. The molecule has 0 aliphatic carbocycles. The number of carbonyl (C=O) groups excluding carboxylic acids is 1. The first-order valence-electron chi connectivity index (χ1n) is 5.78. The van der Waals surface area contributed by atoms with Crippen LogP contribution in [0.1, 0.15) is 21.5 Å². The Morgan fingerprint density at radius 3 is 2.70 bits per heavy atom. The summed E-state index contributed by atoms with van der Waals surface area (Å²) in [6.45, 7) is 1.76. The van der Waals surface area contributed by atoms with Gasteiger partial charge in [-0.1, -0.05) is 17.7 Å². The van der Waals surface area contributed by atoms with E-state index in [1.54, 1.807) is 19.1 Å². The Labute approximate surface area is 120 Å². The van der Waals surface area contributed by atoms with E-state index in [1.165, 1.54) is 18.2 Å². The van der Waals surface area contributed by atoms with Gasteiger partial charge in [0, 0.05) is 10.6 Å². The number of halogens is 2. The second-order valence-corrected chi connectivity index (χ2v) is 4.66. The normalized spacial score (nSPS) is 9.90. The number of nitrogens with one attached hydrogen (secondary N) is 1. The van der Waals surface area contributed by atoms with Gasteiger partial charge in [-0.25, -0.2) is 4.39 Å². The Kier molecular flexibility index (Phi) is 4.02. The molecule has 0 fully saturated rings. The quantitative estimate of drug-likeness (QED) is 0.911. The molecule has 5 heteroatoms. The molecule has 0 spiro atoms. The summed E-state index contributed by atoms with van der Waals surface area (Å²) < 4.78 is 13.7. The maximum absolute atomic E-state index is 13.7. The molecule has 0 radical (unpaired) electrons. The lowest BCUT2D eigenvalue weighted by molar-refractivity contribution is 0.102. The van der Waals surface area contributed by atoms with Crippen molar-refractivity contribution >= 4 is 23.2 Å². The van der Waals surface area contributed by atoms with Gasteiger partial charge in [0.25, 0.3) is 5.91 Å². The lowest BCUT2D eigenvalue weighted by Crippen LogP contribution is -2.14. The topological polar surface area (TPSA) is 52.9 Å². The molecule has 0 aliphatic rings. The van der Waals surface area contributed by atoms with Crippen LogP contribution in [-0.2, 0) is 0 Å². The Balaban J connectivity index is 2.28. The Hall–Kier alpha value is -2.38. The van der Waals surface area contributed by atoms with Crippen LogP contribution in [-0.4, -0.2) is 5.91 Å². The molecule has 1 amide bonds. The lowest BCUT2D eigenvalue weighted by atomic mass is 10.1. The Morgan fingerprint density at radius 2 is 2.05 bits per heavy atom. The fourth-order valence-electron chi connectivity index (χ4n) is 1.71. The second kappa shape index (κ2) is 5.72. The number of anilines is 1. The van der Waals surface area contributed by atoms with Crippen LogP contribution in [0.4, 0.5) is 10.1 Å². The molecule has 3 nitrogen and oxygen atoms in total. The minimum absolute atomic E-state index is 0.0216. The summed E-state index contributed by atoms with van der Waals surface area (Å²) in [6.07, 6.45) is 0. The van der Waals surface area contributed by atoms with Crippen molar-refractivity contribution in [2.45, 2.75) is 6.92 Å². The molecular formula is C15H10ClFN2O. The van der Waals surface area contributed by atoms with E-state index in [0.717, 1.165) is 11.6 Å². The summed E-state index contributed by atoms with van der Waals surface area (Å²) in [5.41, 5.74) is 1.33. The first-order chi connectivity index (χ1) is 9.51. The van der Waals surface area contributed by atoms with Gasteiger partial charge < -0.3 is 5.32 Å². The molecule has 0 aromatic heterocycles. The van der Waals surface area contributed by atoms with Gasteiger partial charge in [-0.05, 0) is 42.8 Å². The summed E-state index contributed by atoms with van der Waals surface area (Å²) in [7, 11) is 0. The molecule has 2 rings (SSSR count). The largest absolute Gasteiger partial charge is 0.319 e. The van der Waals surface area contributed by atoms with Crippen LogP contribution in [0.15, 0.2) is 36.4 Å². The van der Waals surface area contributed by atoms with E-state index in [4.69, 9.17) is 16.9 Å².